The minimum Gasteiger partial charge on any atom is -0.383 e. The van der Waals surface area contributed by atoms with Gasteiger partial charge in [-0.05, 0) is 35.7 Å². The fourth-order valence-electron chi connectivity index (χ4n) is 3.26. The van der Waals surface area contributed by atoms with Gasteiger partial charge in [0.2, 0.25) is 0 Å². The summed E-state index contributed by atoms with van der Waals surface area (Å²) in [5, 5.41) is 3.85. The Morgan fingerprint density at radius 2 is 1.96 bits per heavy atom. The van der Waals surface area contributed by atoms with Crippen LogP contribution in [0.3, 0.4) is 0 Å². The van der Waals surface area contributed by atoms with Crippen molar-refractivity contribution in [1.29, 1.82) is 0 Å². The lowest BCUT2D eigenvalue weighted by Gasteiger charge is -2.37. The van der Waals surface area contributed by atoms with Crippen molar-refractivity contribution in [3.8, 4) is 0 Å². The van der Waals surface area contributed by atoms with E-state index in [9.17, 15) is 4.79 Å². The highest BCUT2D eigenvalue weighted by atomic mass is 35.5. The van der Waals surface area contributed by atoms with E-state index in [1.807, 2.05) is 0 Å². The molecule has 26 heavy (non-hydrogen) atoms. The topological polar surface area (TPSA) is 41.6 Å². The zero-order chi connectivity index (χ0) is 18.5. The van der Waals surface area contributed by atoms with Crippen LogP contribution in [0, 0.1) is 0 Å². The minimum absolute atomic E-state index is 0.144. The molecule has 0 fully saturated rings. The lowest BCUT2D eigenvalue weighted by molar-refractivity contribution is 0.0882. The van der Waals surface area contributed by atoms with Crippen molar-refractivity contribution < 1.29 is 9.53 Å². The van der Waals surface area contributed by atoms with Crippen molar-refractivity contribution >= 4 is 29.1 Å². The van der Waals surface area contributed by atoms with Crippen LogP contribution in [0.5, 0.6) is 0 Å². The summed E-state index contributed by atoms with van der Waals surface area (Å²) in [5.74, 6) is -0.144. The van der Waals surface area contributed by atoms with Crippen molar-refractivity contribution in [1.82, 2.24) is 10.2 Å². The molecule has 138 valence electrons. The predicted molar refractivity (Wildman–Crippen MR) is 105 cm³/mol. The second kappa shape index (κ2) is 8.87. The zero-order valence-corrected chi connectivity index (χ0v) is 16.2. The number of carbonyl (C=O) groups is 1. The molecule has 1 heterocycles. The standard InChI is InChI=1S/C20H22Cl2N2O2/c1-26-9-8-24-13-16-5-3-2-4-14(16)10-17(24)12-23-20(25)15-6-7-18(21)19(22)11-15/h2-7,11,17H,8-10,12-13H2,1H3,(H,23,25). The van der Waals surface area contributed by atoms with Gasteiger partial charge in [0, 0.05) is 38.3 Å². The SMILES string of the molecule is COCCN1Cc2ccccc2CC1CNC(=O)c1ccc(Cl)c(Cl)c1. The Morgan fingerprint density at radius 1 is 1.19 bits per heavy atom. The normalized spacial score (nSPS) is 17.0. The number of fused-ring (bicyclic) bond motifs is 1. The molecule has 4 nitrogen and oxygen atoms in total. The molecule has 1 unspecified atom stereocenters. The second-order valence-electron chi connectivity index (χ2n) is 6.43. The molecule has 1 atom stereocenters. The van der Waals surface area contributed by atoms with Crippen molar-refractivity contribution in [2.24, 2.45) is 0 Å². The molecule has 0 saturated carbocycles. The third-order valence-corrected chi connectivity index (χ3v) is 5.47. The third-order valence-electron chi connectivity index (χ3n) is 4.73. The average Bonchev–Trinajstić information content (AvgIpc) is 2.66. The average molecular weight is 393 g/mol. The molecule has 0 radical (unpaired) electrons. The number of nitrogens with zero attached hydrogens (tertiary/aromatic N) is 1. The molecule has 1 aliphatic rings. The summed E-state index contributed by atoms with van der Waals surface area (Å²) < 4.78 is 5.24. The first-order valence-corrected chi connectivity index (χ1v) is 9.37. The Kier molecular flexibility index (Phi) is 6.54. The van der Waals surface area contributed by atoms with Gasteiger partial charge in [0.25, 0.3) is 5.91 Å². The molecule has 2 aromatic carbocycles. The third kappa shape index (κ3) is 4.57. The summed E-state index contributed by atoms with van der Waals surface area (Å²) in [6, 6.07) is 13.6. The molecule has 1 amide bonds. The lowest BCUT2D eigenvalue weighted by Crippen LogP contribution is -2.48. The molecule has 0 aromatic heterocycles. The number of ether oxygens (including phenoxy) is 1. The van der Waals surface area contributed by atoms with E-state index in [0.717, 1.165) is 19.5 Å². The molecule has 0 spiro atoms. The highest BCUT2D eigenvalue weighted by Gasteiger charge is 2.26. The van der Waals surface area contributed by atoms with Gasteiger partial charge >= 0.3 is 0 Å². The Balaban J connectivity index is 1.67. The molecule has 0 bridgehead atoms. The molecule has 0 saturated heterocycles. The van der Waals surface area contributed by atoms with Gasteiger partial charge < -0.3 is 10.1 Å². The predicted octanol–water partition coefficient (Wildman–Crippen LogP) is 3.80. The number of amides is 1. The highest BCUT2D eigenvalue weighted by molar-refractivity contribution is 6.42. The van der Waals surface area contributed by atoms with Crippen molar-refractivity contribution in [2.75, 3.05) is 26.8 Å². The van der Waals surface area contributed by atoms with Gasteiger partial charge in [-0.3, -0.25) is 9.69 Å². The van der Waals surface area contributed by atoms with Crippen molar-refractivity contribution in [3.05, 3.63) is 69.2 Å². The van der Waals surface area contributed by atoms with Gasteiger partial charge in [0.15, 0.2) is 0 Å². The fourth-order valence-corrected chi connectivity index (χ4v) is 3.56. The Hall–Kier alpha value is -1.59. The maximum atomic E-state index is 12.5. The molecule has 6 heteroatoms. The first kappa shape index (κ1) is 19.2. The van der Waals surface area contributed by atoms with Crippen LogP contribution in [0.1, 0.15) is 21.5 Å². The number of benzene rings is 2. The van der Waals surface area contributed by atoms with Crippen LogP contribution in [0.4, 0.5) is 0 Å². The summed E-state index contributed by atoms with van der Waals surface area (Å²) in [4.78, 5) is 14.8. The van der Waals surface area contributed by atoms with E-state index in [0.29, 0.717) is 28.8 Å². The maximum Gasteiger partial charge on any atom is 0.251 e. The molecule has 0 aliphatic carbocycles. The number of methoxy groups -OCH3 is 1. The molecule has 1 N–H and O–H groups in total. The number of hydrogen-bond acceptors (Lipinski definition) is 3. The van der Waals surface area contributed by atoms with Crippen LogP contribution in [0.2, 0.25) is 10.0 Å². The Bertz CT molecular complexity index is 782. The number of hydrogen-bond donors (Lipinski definition) is 1. The van der Waals surface area contributed by atoms with Crippen LogP contribution in [-0.4, -0.2) is 43.7 Å². The van der Waals surface area contributed by atoms with E-state index in [1.165, 1.54) is 11.1 Å². The van der Waals surface area contributed by atoms with E-state index in [1.54, 1.807) is 25.3 Å². The maximum absolute atomic E-state index is 12.5. The first-order chi connectivity index (χ1) is 12.6. The summed E-state index contributed by atoms with van der Waals surface area (Å²) in [7, 11) is 1.71. The quantitative estimate of drug-likeness (QED) is 0.812. The largest absolute Gasteiger partial charge is 0.383 e. The van der Waals surface area contributed by atoms with Crippen LogP contribution in [0.25, 0.3) is 0 Å². The van der Waals surface area contributed by atoms with E-state index < -0.39 is 0 Å². The minimum atomic E-state index is -0.144. The molecular formula is C20H22Cl2N2O2. The van der Waals surface area contributed by atoms with Gasteiger partial charge in [-0.25, -0.2) is 0 Å². The smallest absolute Gasteiger partial charge is 0.251 e. The highest BCUT2D eigenvalue weighted by Crippen LogP contribution is 2.24. The monoisotopic (exact) mass is 392 g/mol. The van der Waals surface area contributed by atoms with Crippen LogP contribution in [-0.2, 0) is 17.7 Å². The van der Waals surface area contributed by atoms with Gasteiger partial charge in [0.05, 0.1) is 16.7 Å². The molecular weight excluding hydrogens is 371 g/mol. The number of halogens is 2. The van der Waals surface area contributed by atoms with Crippen molar-refractivity contribution in [2.45, 2.75) is 19.0 Å². The Labute approximate surface area is 164 Å². The summed E-state index contributed by atoms with van der Waals surface area (Å²) in [6.45, 7) is 2.93. The fraction of sp³-hybridized carbons (Fsp3) is 0.350. The molecule has 1 aliphatic heterocycles. The number of nitrogens with one attached hydrogen (secondary N) is 1. The summed E-state index contributed by atoms with van der Waals surface area (Å²) in [6.07, 6.45) is 0.904. The number of rotatable bonds is 6. The van der Waals surface area contributed by atoms with E-state index >= 15 is 0 Å². The van der Waals surface area contributed by atoms with Crippen molar-refractivity contribution in [3.63, 3.8) is 0 Å². The van der Waals surface area contributed by atoms with Gasteiger partial charge in [-0.2, -0.15) is 0 Å². The van der Waals surface area contributed by atoms with Gasteiger partial charge in [-0.1, -0.05) is 47.5 Å². The number of carbonyl (C=O) groups excluding carboxylic acids is 1. The van der Waals surface area contributed by atoms with Crippen LogP contribution in [0.15, 0.2) is 42.5 Å². The summed E-state index contributed by atoms with van der Waals surface area (Å²) in [5.41, 5.74) is 3.20. The lowest BCUT2D eigenvalue weighted by atomic mass is 9.94. The zero-order valence-electron chi connectivity index (χ0n) is 14.7. The molecule has 2 aromatic rings. The van der Waals surface area contributed by atoms with Crippen LogP contribution >= 0.6 is 23.2 Å². The Morgan fingerprint density at radius 3 is 2.69 bits per heavy atom. The molecule has 3 rings (SSSR count). The van der Waals surface area contributed by atoms with Gasteiger partial charge in [0.1, 0.15) is 0 Å². The first-order valence-electron chi connectivity index (χ1n) is 8.61. The van der Waals surface area contributed by atoms with Gasteiger partial charge in [-0.15, -0.1) is 0 Å². The van der Waals surface area contributed by atoms with E-state index in [-0.39, 0.29) is 11.9 Å². The second-order valence-corrected chi connectivity index (χ2v) is 7.24. The summed E-state index contributed by atoms with van der Waals surface area (Å²) >= 11 is 11.9. The van der Waals surface area contributed by atoms with E-state index in [4.69, 9.17) is 27.9 Å². The van der Waals surface area contributed by atoms with Crippen LogP contribution < -0.4 is 5.32 Å². The van der Waals surface area contributed by atoms with E-state index in [2.05, 4.69) is 34.5 Å².